The van der Waals surface area contributed by atoms with Gasteiger partial charge >= 0.3 is 0 Å². The Labute approximate surface area is 129 Å². The Balaban J connectivity index is 2.09. The minimum Gasteiger partial charge on any atom is -0.508 e. The molecule has 1 fully saturated rings. The third-order valence-electron chi connectivity index (χ3n) is 4.43. The molecule has 0 spiro atoms. The number of hydrogen-bond donors (Lipinski definition) is 2. The SMILES string of the molecule is CC(C)CC1CN(Cc2ccccc2O)C(C(C)C)CN1. The molecule has 0 radical (unpaired) electrons. The molecule has 0 bridgehead atoms. The zero-order valence-corrected chi connectivity index (χ0v) is 13.8. The zero-order valence-electron chi connectivity index (χ0n) is 13.8. The van der Waals surface area contributed by atoms with Crippen molar-refractivity contribution in [2.24, 2.45) is 11.8 Å². The normalized spacial score (nSPS) is 23.9. The molecule has 3 nitrogen and oxygen atoms in total. The first kappa shape index (κ1) is 16.3. The first-order valence-corrected chi connectivity index (χ1v) is 8.21. The van der Waals surface area contributed by atoms with Gasteiger partial charge in [-0.05, 0) is 24.3 Å². The Bertz CT molecular complexity index is 445. The van der Waals surface area contributed by atoms with E-state index in [1.165, 1.54) is 6.42 Å². The lowest BCUT2D eigenvalue weighted by Gasteiger charge is -2.43. The van der Waals surface area contributed by atoms with E-state index in [0.29, 0.717) is 29.7 Å². The molecule has 118 valence electrons. The van der Waals surface area contributed by atoms with Crippen molar-refractivity contribution >= 4 is 0 Å². The van der Waals surface area contributed by atoms with Gasteiger partial charge in [0, 0.05) is 37.3 Å². The van der Waals surface area contributed by atoms with Crippen LogP contribution < -0.4 is 5.32 Å². The van der Waals surface area contributed by atoms with Gasteiger partial charge in [-0.2, -0.15) is 0 Å². The van der Waals surface area contributed by atoms with E-state index in [1.54, 1.807) is 6.07 Å². The van der Waals surface area contributed by atoms with Gasteiger partial charge in [-0.1, -0.05) is 45.9 Å². The number of rotatable bonds is 5. The fraction of sp³-hybridized carbons (Fsp3) is 0.667. The highest BCUT2D eigenvalue weighted by Gasteiger charge is 2.30. The van der Waals surface area contributed by atoms with E-state index in [4.69, 9.17) is 0 Å². The predicted molar refractivity (Wildman–Crippen MR) is 88.4 cm³/mol. The summed E-state index contributed by atoms with van der Waals surface area (Å²) in [6.07, 6.45) is 1.21. The van der Waals surface area contributed by atoms with Crippen molar-refractivity contribution in [3.05, 3.63) is 29.8 Å². The molecule has 2 atom stereocenters. The molecule has 1 aromatic rings. The lowest BCUT2D eigenvalue weighted by atomic mass is 9.94. The highest BCUT2D eigenvalue weighted by Crippen LogP contribution is 2.24. The molecule has 2 rings (SSSR count). The van der Waals surface area contributed by atoms with Gasteiger partial charge in [0.05, 0.1) is 0 Å². The van der Waals surface area contributed by atoms with Gasteiger partial charge in [-0.25, -0.2) is 0 Å². The molecular weight excluding hydrogens is 260 g/mol. The summed E-state index contributed by atoms with van der Waals surface area (Å²) < 4.78 is 0. The van der Waals surface area contributed by atoms with E-state index in [2.05, 4.69) is 37.9 Å². The number of phenolic OH excluding ortho intramolecular Hbond substituents is 1. The molecule has 2 N–H and O–H groups in total. The molecule has 3 heteroatoms. The fourth-order valence-corrected chi connectivity index (χ4v) is 3.33. The van der Waals surface area contributed by atoms with Crippen molar-refractivity contribution in [2.45, 2.75) is 52.7 Å². The number of piperazine rings is 1. The minimum absolute atomic E-state index is 0.416. The van der Waals surface area contributed by atoms with Gasteiger partial charge in [0.2, 0.25) is 0 Å². The van der Waals surface area contributed by atoms with Crippen LogP contribution >= 0.6 is 0 Å². The van der Waals surface area contributed by atoms with Gasteiger partial charge in [-0.15, -0.1) is 0 Å². The molecule has 0 amide bonds. The summed E-state index contributed by atoms with van der Waals surface area (Å²) in [6.45, 7) is 12.1. The van der Waals surface area contributed by atoms with Crippen LogP contribution in [0.3, 0.4) is 0 Å². The number of nitrogens with zero attached hydrogens (tertiary/aromatic N) is 1. The first-order valence-electron chi connectivity index (χ1n) is 8.21. The molecule has 1 aromatic carbocycles. The second-order valence-corrected chi connectivity index (χ2v) is 7.10. The number of para-hydroxylation sites is 1. The van der Waals surface area contributed by atoms with Crippen LogP contribution in [-0.2, 0) is 6.54 Å². The summed E-state index contributed by atoms with van der Waals surface area (Å²) in [7, 11) is 0. The van der Waals surface area contributed by atoms with Crippen LogP contribution in [0.5, 0.6) is 5.75 Å². The zero-order chi connectivity index (χ0) is 15.4. The Morgan fingerprint density at radius 1 is 1.24 bits per heavy atom. The third kappa shape index (κ3) is 4.45. The maximum Gasteiger partial charge on any atom is 0.120 e. The fourth-order valence-electron chi connectivity index (χ4n) is 3.33. The van der Waals surface area contributed by atoms with Crippen LogP contribution in [0.4, 0.5) is 0 Å². The van der Waals surface area contributed by atoms with E-state index < -0.39 is 0 Å². The van der Waals surface area contributed by atoms with Crippen LogP contribution in [-0.4, -0.2) is 35.2 Å². The molecule has 1 aliphatic rings. The monoisotopic (exact) mass is 290 g/mol. The molecule has 1 heterocycles. The lowest BCUT2D eigenvalue weighted by molar-refractivity contribution is 0.0844. The number of phenols is 1. The summed E-state index contributed by atoms with van der Waals surface area (Å²) in [5, 5.41) is 13.7. The molecule has 21 heavy (non-hydrogen) atoms. The van der Waals surface area contributed by atoms with E-state index in [0.717, 1.165) is 25.2 Å². The van der Waals surface area contributed by atoms with Crippen LogP contribution in [0.2, 0.25) is 0 Å². The van der Waals surface area contributed by atoms with Crippen LogP contribution in [0.25, 0.3) is 0 Å². The topological polar surface area (TPSA) is 35.5 Å². The molecule has 1 saturated heterocycles. The molecule has 2 unspecified atom stereocenters. The average Bonchev–Trinajstić information content (AvgIpc) is 2.40. The Morgan fingerprint density at radius 3 is 2.57 bits per heavy atom. The summed E-state index contributed by atoms with van der Waals surface area (Å²) in [5.74, 6) is 1.74. The van der Waals surface area contributed by atoms with E-state index in [9.17, 15) is 5.11 Å². The maximum absolute atomic E-state index is 10.0. The second-order valence-electron chi connectivity index (χ2n) is 7.10. The van der Waals surface area contributed by atoms with Crippen molar-refractivity contribution in [1.82, 2.24) is 10.2 Å². The number of aromatic hydroxyl groups is 1. The smallest absolute Gasteiger partial charge is 0.120 e. The molecule has 1 aliphatic heterocycles. The van der Waals surface area contributed by atoms with Crippen molar-refractivity contribution in [3.8, 4) is 5.75 Å². The van der Waals surface area contributed by atoms with Gasteiger partial charge in [0.1, 0.15) is 5.75 Å². The number of nitrogens with one attached hydrogen (secondary N) is 1. The Morgan fingerprint density at radius 2 is 1.95 bits per heavy atom. The molecule has 0 aromatic heterocycles. The van der Waals surface area contributed by atoms with E-state index in [1.807, 2.05) is 18.2 Å². The van der Waals surface area contributed by atoms with Crippen molar-refractivity contribution in [2.75, 3.05) is 13.1 Å². The highest BCUT2D eigenvalue weighted by atomic mass is 16.3. The van der Waals surface area contributed by atoms with Gasteiger partial charge < -0.3 is 10.4 Å². The first-order chi connectivity index (χ1) is 9.97. The quantitative estimate of drug-likeness (QED) is 0.874. The second kappa shape index (κ2) is 7.28. The maximum atomic E-state index is 10.0. The van der Waals surface area contributed by atoms with Gasteiger partial charge in [0.15, 0.2) is 0 Å². The van der Waals surface area contributed by atoms with Crippen LogP contribution in [0, 0.1) is 11.8 Å². The summed E-state index contributed by atoms with van der Waals surface area (Å²) in [4.78, 5) is 2.54. The highest BCUT2D eigenvalue weighted by molar-refractivity contribution is 5.31. The Hall–Kier alpha value is -1.06. The summed E-state index contributed by atoms with van der Waals surface area (Å²) in [5.41, 5.74) is 1.04. The van der Waals surface area contributed by atoms with Gasteiger partial charge in [0.25, 0.3) is 0 Å². The Kier molecular flexibility index (Phi) is 5.65. The van der Waals surface area contributed by atoms with Crippen LogP contribution in [0.1, 0.15) is 39.7 Å². The molecular formula is C18H30N2O. The number of benzene rings is 1. The largest absolute Gasteiger partial charge is 0.508 e. The van der Waals surface area contributed by atoms with E-state index in [-0.39, 0.29) is 0 Å². The molecule has 0 saturated carbocycles. The van der Waals surface area contributed by atoms with E-state index >= 15 is 0 Å². The lowest BCUT2D eigenvalue weighted by Crippen LogP contribution is -2.58. The van der Waals surface area contributed by atoms with Crippen molar-refractivity contribution in [1.29, 1.82) is 0 Å². The summed E-state index contributed by atoms with van der Waals surface area (Å²) >= 11 is 0. The van der Waals surface area contributed by atoms with Crippen LogP contribution in [0.15, 0.2) is 24.3 Å². The molecule has 0 aliphatic carbocycles. The summed E-state index contributed by atoms with van der Waals surface area (Å²) in [6, 6.07) is 8.81. The predicted octanol–water partition coefficient (Wildman–Crippen LogP) is 3.24. The third-order valence-corrected chi connectivity index (χ3v) is 4.43. The van der Waals surface area contributed by atoms with Crippen molar-refractivity contribution < 1.29 is 5.11 Å². The van der Waals surface area contributed by atoms with Gasteiger partial charge in [-0.3, -0.25) is 4.90 Å². The average molecular weight is 290 g/mol. The number of hydrogen-bond acceptors (Lipinski definition) is 3. The van der Waals surface area contributed by atoms with Crippen molar-refractivity contribution in [3.63, 3.8) is 0 Å². The standard InChI is InChI=1S/C18H30N2O/c1-13(2)9-16-12-20(17(10-19-16)14(3)4)11-15-7-5-6-8-18(15)21/h5-8,13-14,16-17,19,21H,9-12H2,1-4H3. The minimum atomic E-state index is 0.416.